The van der Waals surface area contributed by atoms with Gasteiger partial charge in [0.1, 0.15) is 0 Å². The predicted molar refractivity (Wildman–Crippen MR) is 100 cm³/mol. The average Bonchev–Trinajstić information content (AvgIpc) is 3.19. The molecule has 3 amide bonds. The number of nitrogens with one attached hydrogen (secondary N) is 2. The van der Waals surface area contributed by atoms with Gasteiger partial charge in [-0.25, -0.2) is 4.79 Å². The number of rotatable bonds is 6. The van der Waals surface area contributed by atoms with Crippen molar-refractivity contribution in [1.82, 2.24) is 4.98 Å². The van der Waals surface area contributed by atoms with E-state index < -0.39 is 6.03 Å². The molecule has 0 aliphatic carbocycles. The minimum atomic E-state index is -0.484. The molecule has 25 heavy (non-hydrogen) atoms. The van der Waals surface area contributed by atoms with Gasteiger partial charge in [0.15, 0.2) is 0 Å². The van der Waals surface area contributed by atoms with Crippen molar-refractivity contribution in [3.63, 3.8) is 0 Å². The van der Waals surface area contributed by atoms with E-state index in [9.17, 15) is 9.59 Å². The first-order valence-electron chi connectivity index (χ1n) is 8.48. The number of carbonyl (C=O) groups excluding carboxylic acids is 2. The highest BCUT2D eigenvalue weighted by atomic mass is 16.2. The number of benzene rings is 1. The molecule has 1 aromatic heterocycles. The van der Waals surface area contributed by atoms with Crippen LogP contribution in [0.15, 0.2) is 36.5 Å². The van der Waals surface area contributed by atoms with Crippen LogP contribution in [0.3, 0.4) is 0 Å². The summed E-state index contributed by atoms with van der Waals surface area (Å²) in [6, 6.07) is 8.78. The van der Waals surface area contributed by atoms with Crippen LogP contribution in [-0.2, 0) is 4.79 Å². The van der Waals surface area contributed by atoms with Gasteiger partial charge < -0.3 is 16.0 Å². The molecule has 0 unspecified atom stereocenters. The molecular formula is C19H22N4O2. The molecule has 0 atom stereocenters. The van der Waals surface area contributed by atoms with Crippen molar-refractivity contribution in [3.8, 4) is 0 Å². The van der Waals surface area contributed by atoms with Gasteiger partial charge in [0.2, 0.25) is 0 Å². The Hall–Kier alpha value is -3.02. The molecule has 1 aromatic carbocycles. The Morgan fingerprint density at radius 3 is 2.80 bits per heavy atom. The fourth-order valence-electron chi connectivity index (χ4n) is 2.97. The van der Waals surface area contributed by atoms with Crippen LogP contribution in [0.2, 0.25) is 0 Å². The van der Waals surface area contributed by atoms with E-state index in [-0.39, 0.29) is 5.91 Å². The van der Waals surface area contributed by atoms with Crippen LogP contribution < -0.4 is 16.0 Å². The molecule has 0 radical (unpaired) electrons. The second-order valence-corrected chi connectivity index (χ2v) is 6.06. The largest absolute Gasteiger partial charge is 0.362 e. The van der Waals surface area contributed by atoms with Gasteiger partial charge in [-0.3, -0.25) is 9.69 Å². The number of hydrogen-bond donors (Lipinski definition) is 3. The number of nitrogens with two attached hydrogens (primary N) is 1. The summed E-state index contributed by atoms with van der Waals surface area (Å²) in [7, 11) is 0. The molecule has 0 saturated carbocycles. The molecule has 4 N–H and O–H groups in total. The molecule has 130 valence electrons. The Morgan fingerprint density at radius 2 is 2.12 bits per heavy atom. The van der Waals surface area contributed by atoms with E-state index in [1.165, 1.54) is 0 Å². The average molecular weight is 338 g/mol. The molecule has 2 heterocycles. The Morgan fingerprint density at radius 1 is 1.28 bits per heavy atom. The number of nitrogens with zero attached hydrogens (tertiary/aromatic N) is 1. The fraction of sp³-hybridized carbons (Fsp3) is 0.263. The lowest BCUT2D eigenvalue weighted by atomic mass is 10.1. The van der Waals surface area contributed by atoms with Crippen molar-refractivity contribution >= 4 is 35.0 Å². The SMILES string of the molecule is CCCCCN(C(N)=O)c1ccc2c(c1)NC(=O)/C2=C\c1ccc[nH]1. The molecule has 6 nitrogen and oxygen atoms in total. The van der Waals surface area contributed by atoms with E-state index in [4.69, 9.17) is 5.73 Å². The Balaban J connectivity index is 1.89. The number of hydrogen-bond acceptors (Lipinski definition) is 2. The summed E-state index contributed by atoms with van der Waals surface area (Å²) in [6.45, 7) is 2.68. The predicted octanol–water partition coefficient (Wildman–Crippen LogP) is 3.58. The molecule has 1 aliphatic heterocycles. The van der Waals surface area contributed by atoms with Gasteiger partial charge in [0.25, 0.3) is 5.91 Å². The third-order valence-corrected chi connectivity index (χ3v) is 4.27. The Labute approximate surface area is 146 Å². The summed E-state index contributed by atoms with van der Waals surface area (Å²) in [4.78, 5) is 28.7. The summed E-state index contributed by atoms with van der Waals surface area (Å²) in [5, 5.41) is 2.86. The van der Waals surface area contributed by atoms with Crippen molar-refractivity contribution < 1.29 is 9.59 Å². The maximum absolute atomic E-state index is 12.3. The van der Waals surface area contributed by atoms with Crippen LogP contribution in [0.5, 0.6) is 0 Å². The quantitative estimate of drug-likeness (QED) is 0.555. The maximum atomic E-state index is 12.3. The number of primary amides is 1. The second-order valence-electron chi connectivity index (χ2n) is 6.06. The van der Waals surface area contributed by atoms with Crippen LogP contribution in [0.1, 0.15) is 37.4 Å². The van der Waals surface area contributed by atoms with Crippen LogP contribution in [0.25, 0.3) is 11.6 Å². The van der Waals surface area contributed by atoms with Crippen LogP contribution >= 0.6 is 0 Å². The highest BCUT2D eigenvalue weighted by Gasteiger charge is 2.25. The first kappa shape index (κ1) is 16.8. The Bertz CT molecular complexity index is 809. The van der Waals surface area contributed by atoms with Crippen molar-refractivity contribution in [3.05, 3.63) is 47.8 Å². The molecule has 1 aliphatic rings. The number of anilines is 2. The van der Waals surface area contributed by atoms with E-state index in [1.807, 2.05) is 36.5 Å². The Kier molecular flexibility index (Phi) is 4.88. The van der Waals surface area contributed by atoms with Crippen LogP contribution in [0, 0.1) is 0 Å². The fourth-order valence-corrected chi connectivity index (χ4v) is 2.97. The number of urea groups is 1. The van der Waals surface area contributed by atoms with E-state index in [2.05, 4.69) is 17.2 Å². The van der Waals surface area contributed by atoms with Gasteiger partial charge in [-0.1, -0.05) is 25.8 Å². The molecule has 0 saturated heterocycles. The zero-order valence-electron chi connectivity index (χ0n) is 14.2. The molecule has 2 aromatic rings. The van der Waals surface area contributed by atoms with Gasteiger partial charge in [-0.05, 0) is 36.8 Å². The highest BCUT2D eigenvalue weighted by Crippen LogP contribution is 2.35. The van der Waals surface area contributed by atoms with E-state index >= 15 is 0 Å². The van der Waals surface area contributed by atoms with Crippen molar-refractivity contribution in [2.24, 2.45) is 5.73 Å². The molecular weight excluding hydrogens is 316 g/mol. The number of aromatic nitrogens is 1. The lowest BCUT2D eigenvalue weighted by Gasteiger charge is -2.21. The topological polar surface area (TPSA) is 91.2 Å². The zero-order chi connectivity index (χ0) is 17.8. The number of H-pyrrole nitrogens is 1. The van der Waals surface area contributed by atoms with Crippen LogP contribution in [-0.4, -0.2) is 23.5 Å². The molecule has 0 bridgehead atoms. The monoisotopic (exact) mass is 338 g/mol. The summed E-state index contributed by atoms with van der Waals surface area (Å²) in [6.07, 6.45) is 6.62. The van der Waals surface area contributed by atoms with Crippen molar-refractivity contribution in [2.45, 2.75) is 26.2 Å². The van der Waals surface area contributed by atoms with E-state index in [0.717, 1.165) is 30.5 Å². The summed E-state index contributed by atoms with van der Waals surface area (Å²) in [5.41, 5.74) is 9.20. The van der Waals surface area contributed by atoms with Crippen molar-refractivity contribution in [1.29, 1.82) is 0 Å². The smallest absolute Gasteiger partial charge is 0.319 e. The summed E-state index contributed by atoms with van der Waals surface area (Å²) < 4.78 is 0. The number of carbonyl (C=O) groups is 2. The molecule has 3 rings (SSSR count). The van der Waals surface area contributed by atoms with Gasteiger partial charge in [0, 0.05) is 29.7 Å². The number of amides is 3. The molecule has 0 fully saturated rings. The normalized spacial score (nSPS) is 14.4. The molecule has 0 spiro atoms. The maximum Gasteiger partial charge on any atom is 0.319 e. The minimum absolute atomic E-state index is 0.154. The zero-order valence-corrected chi connectivity index (χ0v) is 14.2. The third-order valence-electron chi connectivity index (χ3n) is 4.27. The summed E-state index contributed by atoms with van der Waals surface area (Å²) in [5.74, 6) is -0.154. The molecule has 6 heteroatoms. The lowest BCUT2D eigenvalue weighted by Crippen LogP contribution is -2.36. The van der Waals surface area contributed by atoms with Crippen LogP contribution in [0.4, 0.5) is 16.2 Å². The first-order chi connectivity index (χ1) is 12.1. The number of aromatic amines is 1. The minimum Gasteiger partial charge on any atom is -0.362 e. The summed E-state index contributed by atoms with van der Waals surface area (Å²) >= 11 is 0. The van der Waals surface area contributed by atoms with Gasteiger partial charge >= 0.3 is 6.03 Å². The number of unbranched alkanes of at least 4 members (excludes halogenated alkanes) is 2. The highest BCUT2D eigenvalue weighted by molar-refractivity contribution is 6.35. The van der Waals surface area contributed by atoms with Crippen molar-refractivity contribution in [2.75, 3.05) is 16.8 Å². The van der Waals surface area contributed by atoms with E-state index in [1.54, 1.807) is 11.0 Å². The van der Waals surface area contributed by atoms with E-state index in [0.29, 0.717) is 23.5 Å². The van der Waals surface area contributed by atoms with Gasteiger partial charge in [0.05, 0.1) is 11.3 Å². The van der Waals surface area contributed by atoms with Gasteiger partial charge in [-0.15, -0.1) is 0 Å². The third kappa shape index (κ3) is 3.57. The number of fused-ring (bicyclic) bond motifs is 1. The second kappa shape index (κ2) is 7.25. The standard InChI is InChI=1S/C19H22N4O2/c1-2-3-4-10-23(19(20)25)14-7-8-15-16(11-13-6-5-9-21-13)18(24)22-17(15)12-14/h5-9,11-12,21H,2-4,10H2,1H3,(H2,20,25)(H,22,24)/b16-11-. The first-order valence-corrected chi connectivity index (χ1v) is 8.48. The lowest BCUT2D eigenvalue weighted by molar-refractivity contribution is -0.110. The van der Waals surface area contributed by atoms with Gasteiger partial charge in [-0.2, -0.15) is 0 Å².